The van der Waals surface area contributed by atoms with Crippen LogP contribution in [0.1, 0.15) is 23.1 Å². The molecule has 1 aliphatic carbocycles. The number of hydrogen-bond donors (Lipinski definition) is 1. The molecule has 0 spiro atoms. The maximum absolute atomic E-state index is 13.5. The van der Waals surface area contributed by atoms with Crippen molar-refractivity contribution in [1.29, 1.82) is 0 Å². The van der Waals surface area contributed by atoms with E-state index in [-0.39, 0.29) is 4.90 Å². The summed E-state index contributed by atoms with van der Waals surface area (Å²) in [6.45, 7) is 0.628. The summed E-state index contributed by atoms with van der Waals surface area (Å²) in [5.41, 5.74) is 5.11. The third-order valence-corrected chi connectivity index (χ3v) is 6.92. The zero-order valence-electron chi connectivity index (χ0n) is 15.1. The topological polar surface area (TPSA) is 51.1 Å². The van der Waals surface area contributed by atoms with E-state index >= 15 is 0 Å². The molecule has 0 unspecified atom stereocenters. The van der Waals surface area contributed by atoms with Crippen LogP contribution in [0.5, 0.6) is 0 Å². The number of benzene rings is 2. The fraction of sp³-hybridized carbons (Fsp3) is 0.238. The molecule has 1 aromatic heterocycles. The van der Waals surface area contributed by atoms with Gasteiger partial charge >= 0.3 is 0 Å². The summed E-state index contributed by atoms with van der Waals surface area (Å²) in [4.78, 5) is 0.200. The molecule has 4 rings (SSSR count). The van der Waals surface area contributed by atoms with Gasteiger partial charge in [-0.15, -0.1) is 0 Å². The van der Waals surface area contributed by atoms with Gasteiger partial charge in [-0.25, -0.2) is 12.4 Å². The Morgan fingerprint density at radius 2 is 1.93 bits per heavy atom. The summed E-state index contributed by atoms with van der Waals surface area (Å²) < 4.78 is 28.4. The van der Waals surface area contributed by atoms with Crippen LogP contribution in [0.15, 0.2) is 59.6 Å². The zero-order chi connectivity index (χ0) is 19.0. The second kappa shape index (κ2) is 7.15. The van der Waals surface area contributed by atoms with Gasteiger partial charge in [0.25, 0.3) is 10.0 Å². The molecule has 0 atom stereocenters. The van der Waals surface area contributed by atoms with Crippen LogP contribution in [0.3, 0.4) is 0 Å². The van der Waals surface area contributed by atoms with Gasteiger partial charge in [-0.3, -0.25) is 0 Å². The Bertz CT molecular complexity index is 1100. The molecular weight excluding hydrogens is 380 g/mol. The van der Waals surface area contributed by atoms with Crippen molar-refractivity contribution in [2.45, 2.75) is 30.7 Å². The number of nitrogens with zero attached hydrogens (tertiary/aromatic N) is 1. The Morgan fingerprint density at radius 3 is 2.70 bits per heavy atom. The van der Waals surface area contributed by atoms with E-state index in [4.69, 9.17) is 11.6 Å². The fourth-order valence-electron chi connectivity index (χ4n) is 3.83. The molecule has 140 valence electrons. The summed E-state index contributed by atoms with van der Waals surface area (Å²) in [5, 5.41) is 3.57. The molecule has 0 saturated heterocycles. The molecule has 0 fully saturated rings. The monoisotopic (exact) mass is 400 g/mol. The molecular formula is C21H21ClN2O2S. The van der Waals surface area contributed by atoms with Crippen molar-refractivity contribution in [3.63, 3.8) is 0 Å². The number of hydrogen-bond acceptors (Lipinski definition) is 3. The molecule has 3 aromatic rings. The molecule has 0 aliphatic heterocycles. The van der Waals surface area contributed by atoms with Gasteiger partial charge in [0.2, 0.25) is 0 Å². The Labute approximate surface area is 164 Å². The first-order valence-corrected chi connectivity index (χ1v) is 10.8. The highest BCUT2D eigenvalue weighted by molar-refractivity contribution is 7.90. The van der Waals surface area contributed by atoms with Gasteiger partial charge in [0.1, 0.15) is 0 Å². The largest absolute Gasteiger partial charge is 0.316 e. The highest BCUT2D eigenvalue weighted by Gasteiger charge is 2.28. The summed E-state index contributed by atoms with van der Waals surface area (Å²) in [5.74, 6) is 0. The van der Waals surface area contributed by atoms with Gasteiger partial charge in [-0.05, 0) is 61.2 Å². The van der Waals surface area contributed by atoms with Crippen molar-refractivity contribution in [2.75, 3.05) is 7.05 Å². The molecule has 0 radical (unpaired) electrons. The fourth-order valence-corrected chi connectivity index (χ4v) is 5.55. The van der Waals surface area contributed by atoms with Crippen molar-refractivity contribution >= 4 is 21.6 Å². The number of rotatable bonds is 4. The van der Waals surface area contributed by atoms with Crippen molar-refractivity contribution in [2.24, 2.45) is 0 Å². The van der Waals surface area contributed by atoms with Crippen molar-refractivity contribution in [1.82, 2.24) is 9.29 Å². The maximum atomic E-state index is 13.5. The first kappa shape index (κ1) is 18.3. The van der Waals surface area contributed by atoms with E-state index in [0.717, 1.165) is 41.6 Å². The van der Waals surface area contributed by atoms with Crippen LogP contribution in [0.4, 0.5) is 0 Å². The minimum Gasteiger partial charge on any atom is -0.316 e. The molecule has 0 bridgehead atoms. The molecule has 1 heterocycles. The summed E-state index contributed by atoms with van der Waals surface area (Å²) in [6, 6.07) is 14.5. The van der Waals surface area contributed by atoms with Crippen molar-refractivity contribution < 1.29 is 8.42 Å². The van der Waals surface area contributed by atoms with Gasteiger partial charge < -0.3 is 5.32 Å². The van der Waals surface area contributed by atoms with Crippen molar-refractivity contribution in [3.05, 3.63) is 76.4 Å². The average molecular weight is 401 g/mol. The van der Waals surface area contributed by atoms with Crippen LogP contribution in [0, 0.1) is 0 Å². The third kappa shape index (κ3) is 3.20. The van der Waals surface area contributed by atoms with Crippen LogP contribution in [0.2, 0.25) is 5.02 Å². The maximum Gasteiger partial charge on any atom is 0.268 e. The predicted molar refractivity (Wildman–Crippen MR) is 109 cm³/mol. The first-order chi connectivity index (χ1) is 13.0. The summed E-state index contributed by atoms with van der Waals surface area (Å²) in [7, 11) is -1.88. The molecule has 0 saturated carbocycles. The lowest BCUT2D eigenvalue weighted by Crippen LogP contribution is -2.14. The molecule has 27 heavy (non-hydrogen) atoms. The van der Waals surface area contributed by atoms with Crippen molar-refractivity contribution in [3.8, 4) is 11.3 Å². The van der Waals surface area contributed by atoms with Gasteiger partial charge in [0.05, 0.1) is 10.6 Å². The van der Waals surface area contributed by atoms with Gasteiger partial charge in [0, 0.05) is 23.3 Å². The first-order valence-electron chi connectivity index (χ1n) is 8.99. The van der Waals surface area contributed by atoms with E-state index in [9.17, 15) is 8.42 Å². The smallest absolute Gasteiger partial charge is 0.268 e. The SMILES string of the molecule is CNCc1cn(S(=O)(=O)c2cccc(Cl)c2)c2c1CCCc1ccccc1-2. The zero-order valence-corrected chi connectivity index (χ0v) is 16.6. The van der Waals surface area contributed by atoms with Crippen LogP contribution < -0.4 is 5.32 Å². The van der Waals surface area contributed by atoms with Crippen LogP contribution in [-0.4, -0.2) is 19.4 Å². The van der Waals surface area contributed by atoms with Gasteiger partial charge in [0.15, 0.2) is 0 Å². The Kier molecular flexibility index (Phi) is 4.84. The lowest BCUT2D eigenvalue weighted by molar-refractivity contribution is 0.588. The number of nitrogens with one attached hydrogen (secondary N) is 1. The quantitative estimate of drug-likeness (QED) is 0.712. The Balaban J connectivity index is 2.01. The average Bonchev–Trinajstić information content (AvgIpc) is 2.90. The van der Waals surface area contributed by atoms with E-state index < -0.39 is 10.0 Å². The minimum atomic E-state index is -3.75. The second-order valence-corrected chi connectivity index (χ2v) is 9.03. The normalized spacial score (nSPS) is 13.7. The molecule has 4 nitrogen and oxygen atoms in total. The number of halogens is 1. The summed E-state index contributed by atoms with van der Waals surface area (Å²) in [6.07, 6.45) is 4.57. The minimum absolute atomic E-state index is 0.200. The molecule has 0 amide bonds. The van der Waals surface area contributed by atoms with Gasteiger partial charge in [-0.2, -0.15) is 0 Å². The lowest BCUT2D eigenvalue weighted by atomic mass is 10.0. The highest BCUT2D eigenvalue weighted by atomic mass is 35.5. The molecule has 1 N–H and O–H groups in total. The number of aryl methyl sites for hydroxylation is 1. The van der Waals surface area contributed by atoms with Gasteiger partial charge in [-0.1, -0.05) is 41.9 Å². The predicted octanol–water partition coefficient (Wildman–Crippen LogP) is 4.25. The van der Waals surface area contributed by atoms with Crippen LogP contribution in [0.25, 0.3) is 11.3 Å². The van der Waals surface area contributed by atoms with E-state index in [1.165, 1.54) is 15.6 Å². The van der Waals surface area contributed by atoms with E-state index in [0.29, 0.717) is 11.6 Å². The third-order valence-electron chi connectivity index (χ3n) is 5.03. The lowest BCUT2D eigenvalue weighted by Gasteiger charge is -2.13. The molecule has 2 aromatic carbocycles. The standard InChI is InChI=1S/C21H21ClN2O2S/c1-23-13-16-14-24(27(25,26)18-9-5-8-17(22)12-18)21-19-10-3-2-6-15(19)7-4-11-20(16)21/h2-3,5-6,8-10,12,14,23H,4,7,11,13H2,1H3. The van der Waals surface area contributed by atoms with E-state index in [1.54, 1.807) is 24.4 Å². The van der Waals surface area contributed by atoms with E-state index in [1.807, 2.05) is 25.2 Å². The summed E-state index contributed by atoms with van der Waals surface area (Å²) >= 11 is 6.06. The highest BCUT2D eigenvalue weighted by Crippen LogP contribution is 2.37. The molecule has 1 aliphatic rings. The van der Waals surface area contributed by atoms with Crippen LogP contribution >= 0.6 is 11.6 Å². The second-order valence-electron chi connectivity index (χ2n) is 6.78. The van der Waals surface area contributed by atoms with Crippen LogP contribution in [-0.2, 0) is 29.4 Å². The number of aromatic nitrogens is 1. The Hall–Kier alpha value is -2.08. The van der Waals surface area contributed by atoms with E-state index in [2.05, 4.69) is 11.4 Å². The molecule has 6 heteroatoms. The Morgan fingerprint density at radius 1 is 1.11 bits per heavy atom. The number of fused-ring (bicyclic) bond motifs is 3.